The fraction of sp³-hybridized carbons (Fsp3) is 0.810. The van der Waals surface area contributed by atoms with Crippen molar-refractivity contribution < 1.29 is 4.43 Å². The van der Waals surface area contributed by atoms with Crippen LogP contribution in [0, 0.1) is 23.2 Å². The van der Waals surface area contributed by atoms with Crippen LogP contribution in [-0.2, 0) is 4.43 Å². The second-order valence-electron chi connectivity index (χ2n) is 8.95. The van der Waals surface area contributed by atoms with E-state index in [9.17, 15) is 0 Å². The maximum absolute atomic E-state index is 6.91. The molecule has 2 fully saturated rings. The third-order valence-electron chi connectivity index (χ3n) is 7.62. The summed E-state index contributed by atoms with van der Waals surface area (Å²) in [6, 6.07) is 5.83. The van der Waals surface area contributed by atoms with E-state index in [-0.39, 0.29) is 6.10 Å². The first-order chi connectivity index (χ1) is 11.9. The predicted molar refractivity (Wildman–Crippen MR) is 113 cm³/mol. The van der Waals surface area contributed by atoms with E-state index in [1.54, 1.807) is 11.3 Å². The highest BCUT2D eigenvalue weighted by Crippen LogP contribution is 2.68. The molecule has 25 heavy (non-hydrogen) atoms. The van der Waals surface area contributed by atoms with E-state index in [1.807, 2.05) is 0 Å². The standard InChI is InChI=1S/C21H35ClOSSi/c1-6-25(7-2,8-3)23-19(16-11-12-24-20(16)22)10-9-15-13-17-18(14-15)21(17,4)5/h11-12,15,17-19H,6-10,13-14H2,1-5H3/t15?,17-,18+,19?. The first kappa shape index (κ1) is 19.9. The zero-order valence-corrected chi connectivity index (χ0v) is 19.2. The van der Waals surface area contributed by atoms with Gasteiger partial charge in [-0.25, -0.2) is 0 Å². The SMILES string of the molecule is CC[Si](CC)(CC)OC(CCC1C[C@@H]2[C@H](C1)C2(C)C)c1ccsc1Cl. The molecule has 1 nitrogen and oxygen atoms in total. The largest absolute Gasteiger partial charge is 0.410 e. The van der Waals surface area contributed by atoms with Gasteiger partial charge in [0, 0.05) is 5.56 Å². The third kappa shape index (κ3) is 3.90. The monoisotopic (exact) mass is 398 g/mol. The van der Waals surface area contributed by atoms with Crippen LogP contribution in [0.15, 0.2) is 11.4 Å². The molecule has 2 unspecified atom stereocenters. The van der Waals surface area contributed by atoms with Crippen LogP contribution < -0.4 is 0 Å². The zero-order valence-electron chi connectivity index (χ0n) is 16.6. The van der Waals surface area contributed by atoms with Gasteiger partial charge in [0.1, 0.15) is 0 Å². The van der Waals surface area contributed by atoms with E-state index < -0.39 is 8.32 Å². The topological polar surface area (TPSA) is 9.23 Å². The van der Waals surface area contributed by atoms with Gasteiger partial charge in [0.25, 0.3) is 0 Å². The van der Waals surface area contributed by atoms with Crippen LogP contribution in [0.2, 0.25) is 22.5 Å². The van der Waals surface area contributed by atoms with Gasteiger partial charge in [-0.05, 0) is 78.4 Å². The number of halogens is 1. The second kappa shape index (κ2) is 7.65. The van der Waals surface area contributed by atoms with Gasteiger partial charge < -0.3 is 4.43 Å². The maximum Gasteiger partial charge on any atom is 0.192 e. The lowest BCUT2D eigenvalue weighted by atomic mass is 9.89. The summed E-state index contributed by atoms with van der Waals surface area (Å²) in [4.78, 5) is 0. The fourth-order valence-corrected chi connectivity index (χ4v) is 9.20. The number of thiophene rings is 1. The smallest absolute Gasteiger partial charge is 0.192 e. The van der Waals surface area contributed by atoms with Crippen molar-refractivity contribution in [3.63, 3.8) is 0 Å². The molecule has 0 N–H and O–H groups in total. The Morgan fingerprint density at radius 1 is 1.20 bits per heavy atom. The Bertz CT molecular complexity index is 558. The molecule has 1 aromatic rings. The van der Waals surface area contributed by atoms with Gasteiger partial charge in [-0.2, -0.15) is 0 Å². The molecular weight excluding hydrogens is 364 g/mol. The lowest BCUT2D eigenvalue weighted by Crippen LogP contribution is -2.37. The normalized spacial score (nSPS) is 28.8. The average molecular weight is 399 g/mol. The van der Waals surface area contributed by atoms with Crippen LogP contribution in [0.4, 0.5) is 0 Å². The first-order valence-electron chi connectivity index (χ1n) is 10.3. The molecule has 0 aliphatic heterocycles. The van der Waals surface area contributed by atoms with Crippen molar-refractivity contribution in [3.05, 3.63) is 21.3 Å². The number of hydrogen-bond acceptors (Lipinski definition) is 2. The van der Waals surface area contributed by atoms with Crippen LogP contribution in [0.5, 0.6) is 0 Å². The Morgan fingerprint density at radius 2 is 1.80 bits per heavy atom. The van der Waals surface area contributed by atoms with E-state index in [1.165, 1.54) is 43.0 Å². The highest BCUT2D eigenvalue weighted by molar-refractivity contribution is 7.14. The van der Waals surface area contributed by atoms with Gasteiger partial charge in [0.05, 0.1) is 10.4 Å². The summed E-state index contributed by atoms with van der Waals surface area (Å²) >= 11 is 8.16. The molecule has 0 saturated heterocycles. The molecule has 142 valence electrons. The fourth-order valence-electron chi connectivity index (χ4n) is 5.34. The van der Waals surface area contributed by atoms with Crippen molar-refractivity contribution in [2.75, 3.05) is 0 Å². The highest BCUT2D eigenvalue weighted by atomic mass is 35.5. The summed E-state index contributed by atoms with van der Waals surface area (Å²) in [7, 11) is -1.62. The van der Waals surface area contributed by atoms with Gasteiger partial charge >= 0.3 is 0 Å². The van der Waals surface area contributed by atoms with Crippen molar-refractivity contribution in [1.29, 1.82) is 0 Å². The number of fused-ring (bicyclic) bond motifs is 1. The lowest BCUT2D eigenvalue weighted by Gasteiger charge is -2.34. The number of rotatable bonds is 9. The zero-order chi connectivity index (χ0) is 18.2. The Balaban J connectivity index is 1.65. The van der Waals surface area contributed by atoms with Gasteiger partial charge in [-0.15, -0.1) is 11.3 Å². The van der Waals surface area contributed by atoms with Gasteiger partial charge in [0.15, 0.2) is 8.32 Å². The molecule has 1 heterocycles. The van der Waals surface area contributed by atoms with Crippen LogP contribution in [0.3, 0.4) is 0 Å². The molecule has 0 aromatic carbocycles. The van der Waals surface area contributed by atoms with E-state index in [4.69, 9.17) is 16.0 Å². The Morgan fingerprint density at radius 3 is 2.28 bits per heavy atom. The van der Waals surface area contributed by atoms with Gasteiger partial charge in [-0.1, -0.05) is 46.2 Å². The lowest BCUT2D eigenvalue weighted by molar-refractivity contribution is 0.166. The third-order valence-corrected chi connectivity index (χ3v) is 13.5. The van der Waals surface area contributed by atoms with E-state index in [0.717, 1.165) is 28.5 Å². The molecule has 3 rings (SSSR count). The van der Waals surface area contributed by atoms with Crippen LogP contribution in [-0.4, -0.2) is 8.32 Å². The van der Waals surface area contributed by atoms with Crippen molar-refractivity contribution in [3.8, 4) is 0 Å². The highest BCUT2D eigenvalue weighted by Gasteiger charge is 2.61. The van der Waals surface area contributed by atoms with E-state index >= 15 is 0 Å². The summed E-state index contributed by atoms with van der Waals surface area (Å²) in [5, 5.41) is 2.12. The molecule has 4 heteroatoms. The molecule has 2 saturated carbocycles. The minimum Gasteiger partial charge on any atom is -0.410 e. The summed E-state index contributed by atoms with van der Waals surface area (Å²) in [6.45, 7) is 11.9. The second-order valence-corrected chi connectivity index (χ2v) is 15.2. The van der Waals surface area contributed by atoms with Gasteiger partial charge in [-0.3, -0.25) is 0 Å². The Hall–Kier alpha value is 0.167. The minimum atomic E-state index is -1.62. The van der Waals surface area contributed by atoms with E-state index in [2.05, 4.69) is 46.1 Å². The molecule has 4 atom stereocenters. The maximum atomic E-state index is 6.91. The molecule has 0 amide bonds. The molecule has 0 radical (unpaired) electrons. The molecular formula is C21H35ClOSSi. The van der Waals surface area contributed by atoms with E-state index in [0.29, 0.717) is 5.41 Å². The number of hydrogen-bond donors (Lipinski definition) is 0. The molecule has 0 spiro atoms. The van der Waals surface area contributed by atoms with Crippen molar-refractivity contribution in [2.24, 2.45) is 23.2 Å². The first-order valence-corrected chi connectivity index (χ1v) is 14.1. The van der Waals surface area contributed by atoms with Crippen LogP contribution >= 0.6 is 22.9 Å². The summed E-state index contributed by atoms with van der Waals surface area (Å²) < 4.78 is 7.85. The summed E-state index contributed by atoms with van der Waals surface area (Å²) in [6.07, 6.45) is 5.56. The van der Waals surface area contributed by atoms with Crippen molar-refractivity contribution in [1.82, 2.24) is 0 Å². The van der Waals surface area contributed by atoms with Crippen LogP contribution in [0.1, 0.15) is 72.0 Å². The molecule has 2 aliphatic carbocycles. The average Bonchev–Trinajstić information content (AvgIpc) is 3.04. The van der Waals surface area contributed by atoms with Crippen molar-refractivity contribution >= 4 is 31.3 Å². The van der Waals surface area contributed by atoms with Crippen LogP contribution in [0.25, 0.3) is 0 Å². The molecule has 0 bridgehead atoms. The predicted octanol–water partition coefficient (Wildman–Crippen LogP) is 7.93. The molecule has 1 aromatic heterocycles. The van der Waals surface area contributed by atoms with Gasteiger partial charge in [0.2, 0.25) is 0 Å². The summed E-state index contributed by atoms with van der Waals surface area (Å²) in [5.41, 5.74) is 1.89. The Kier molecular flexibility index (Phi) is 6.10. The summed E-state index contributed by atoms with van der Waals surface area (Å²) in [5.74, 6) is 2.90. The Labute approximate surface area is 164 Å². The molecule has 2 aliphatic rings. The minimum absolute atomic E-state index is 0.218. The van der Waals surface area contributed by atoms with Crippen molar-refractivity contribution in [2.45, 2.75) is 84.5 Å². The quantitative estimate of drug-likeness (QED) is 0.383.